The van der Waals surface area contributed by atoms with E-state index < -0.39 is 17.7 Å². The van der Waals surface area contributed by atoms with E-state index in [2.05, 4.69) is 4.98 Å². The largest absolute Gasteiger partial charge is 0.496 e. The van der Waals surface area contributed by atoms with E-state index in [9.17, 15) is 14.4 Å². The Kier molecular flexibility index (Phi) is 8.37. The van der Waals surface area contributed by atoms with Crippen molar-refractivity contribution in [2.24, 2.45) is 0 Å². The molecule has 1 aliphatic rings. The smallest absolute Gasteiger partial charge is 0.415 e. The molecule has 0 spiro atoms. The summed E-state index contributed by atoms with van der Waals surface area (Å²) in [4.78, 5) is 47.0. The van der Waals surface area contributed by atoms with E-state index in [-0.39, 0.29) is 12.5 Å². The monoisotopic (exact) mass is 559 g/mol. The quantitative estimate of drug-likeness (QED) is 0.341. The van der Waals surface area contributed by atoms with E-state index in [1.165, 1.54) is 18.9 Å². The van der Waals surface area contributed by atoms with Gasteiger partial charge in [-0.15, -0.1) is 0 Å². The molecular formula is C32H37N3O6. The summed E-state index contributed by atoms with van der Waals surface area (Å²) in [7, 11) is 2.94. The van der Waals surface area contributed by atoms with Crippen LogP contribution < -0.4 is 14.5 Å². The van der Waals surface area contributed by atoms with Gasteiger partial charge >= 0.3 is 12.1 Å². The van der Waals surface area contributed by atoms with Gasteiger partial charge in [-0.3, -0.25) is 14.7 Å². The van der Waals surface area contributed by atoms with Gasteiger partial charge in [-0.1, -0.05) is 18.2 Å². The summed E-state index contributed by atoms with van der Waals surface area (Å²) in [5.74, 6) is 0.109. The van der Waals surface area contributed by atoms with Crippen LogP contribution in [-0.2, 0) is 27.2 Å². The lowest BCUT2D eigenvalue weighted by Gasteiger charge is -2.29. The summed E-state index contributed by atoms with van der Waals surface area (Å²) in [5, 5.41) is 0. The lowest BCUT2D eigenvalue weighted by atomic mass is 9.93. The molecule has 9 heteroatoms. The minimum absolute atomic E-state index is 0.0916. The number of benzene rings is 2. The van der Waals surface area contributed by atoms with Crippen LogP contribution in [0.5, 0.6) is 5.75 Å². The predicted octanol–water partition coefficient (Wildman–Crippen LogP) is 6.01. The number of rotatable bonds is 6. The number of carbonyl (C=O) groups is 3. The number of anilines is 2. The van der Waals surface area contributed by atoms with E-state index in [0.29, 0.717) is 46.9 Å². The molecule has 1 aromatic heterocycles. The topological polar surface area (TPSA) is 98.3 Å². The van der Waals surface area contributed by atoms with Crippen molar-refractivity contribution in [1.29, 1.82) is 0 Å². The average Bonchev–Trinajstić information content (AvgIpc) is 3.35. The van der Waals surface area contributed by atoms with E-state index >= 15 is 0 Å². The number of fused-ring (bicyclic) bond motifs is 1. The molecule has 0 radical (unpaired) electrons. The van der Waals surface area contributed by atoms with Crippen LogP contribution in [0.25, 0.3) is 11.1 Å². The minimum Gasteiger partial charge on any atom is -0.496 e. The van der Waals surface area contributed by atoms with Crippen LogP contribution >= 0.6 is 0 Å². The van der Waals surface area contributed by atoms with Crippen LogP contribution in [0.15, 0.2) is 42.6 Å². The van der Waals surface area contributed by atoms with E-state index in [0.717, 1.165) is 22.3 Å². The second kappa shape index (κ2) is 11.6. The van der Waals surface area contributed by atoms with Crippen molar-refractivity contribution in [3.8, 4) is 16.9 Å². The SMILES string of the molecule is COC(=O)c1ccccc1-c1cc(N(Cc2ncc(C)c(OC)c2C)C(=O)OC(C)(C)C)cc2c1CCN2C(C)=O. The third-order valence-corrected chi connectivity index (χ3v) is 7.07. The van der Waals surface area contributed by atoms with Crippen LogP contribution in [0.3, 0.4) is 0 Å². The number of hydrogen-bond acceptors (Lipinski definition) is 7. The van der Waals surface area contributed by atoms with Gasteiger partial charge < -0.3 is 19.1 Å². The maximum atomic E-state index is 13.8. The van der Waals surface area contributed by atoms with E-state index in [1.54, 1.807) is 51.1 Å². The second-order valence-corrected chi connectivity index (χ2v) is 11.1. The lowest BCUT2D eigenvalue weighted by molar-refractivity contribution is -0.116. The first-order valence-electron chi connectivity index (χ1n) is 13.5. The molecule has 41 heavy (non-hydrogen) atoms. The van der Waals surface area contributed by atoms with Gasteiger partial charge in [0.05, 0.1) is 37.7 Å². The molecule has 0 bridgehead atoms. The van der Waals surface area contributed by atoms with Gasteiger partial charge in [0.25, 0.3) is 0 Å². The van der Waals surface area contributed by atoms with Gasteiger partial charge in [0.2, 0.25) is 5.91 Å². The standard InChI is InChI=1S/C32H37N3O6/c1-19-17-33-27(20(2)29(19)39-7)18-35(31(38)41-32(4,5)6)22-15-26(23-11-9-10-12-25(23)30(37)40-8)24-13-14-34(21(3)36)28(24)16-22/h9-12,15-17H,13-14,18H2,1-8H3. The molecule has 1 aliphatic heterocycles. The number of nitrogens with zero attached hydrogens (tertiary/aromatic N) is 3. The zero-order valence-corrected chi connectivity index (χ0v) is 25.0. The predicted molar refractivity (Wildman–Crippen MR) is 158 cm³/mol. The second-order valence-electron chi connectivity index (χ2n) is 11.1. The van der Waals surface area contributed by atoms with Gasteiger partial charge in [-0.25, -0.2) is 9.59 Å². The molecule has 0 fully saturated rings. The highest BCUT2D eigenvalue weighted by molar-refractivity contribution is 6.02. The van der Waals surface area contributed by atoms with Crippen molar-refractivity contribution in [3.63, 3.8) is 0 Å². The number of carbonyl (C=O) groups excluding carboxylic acids is 3. The molecule has 2 amide bonds. The maximum absolute atomic E-state index is 13.8. The van der Waals surface area contributed by atoms with Crippen molar-refractivity contribution in [1.82, 2.24) is 4.98 Å². The molecule has 0 unspecified atom stereocenters. The Hall–Kier alpha value is -4.40. The molecule has 0 saturated carbocycles. The molecule has 9 nitrogen and oxygen atoms in total. The Bertz CT molecular complexity index is 1510. The lowest BCUT2D eigenvalue weighted by Crippen LogP contribution is -2.37. The van der Waals surface area contributed by atoms with Crippen molar-refractivity contribution in [2.75, 3.05) is 30.6 Å². The van der Waals surface area contributed by atoms with Gasteiger partial charge in [0.1, 0.15) is 11.4 Å². The highest BCUT2D eigenvalue weighted by Crippen LogP contribution is 2.42. The molecule has 0 atom stereocenters. The Morgan fingerprint density at radius 2 is 1.76 bits per heavy atom. The molecule has 216 valence electrons. The highest BCUT2D eigenvalue weighted by atomic mass is 16.6. The summed E-state index contributed by atoms with van der Waals surface area (Å²) in [6.45, 7) is 11.3. The van der Waals surface area contributed by atoms with Crippen LogP contribution in [0.2, 0.25) is 0 Å². The van der Waals surface area contributed by atoms with Crippen molar-refractivity contribution in [2.45, 2.75) is 60.1 Å². The Morgan fingerprint density at radius 3 is 2.39 bits per heavy atom. The van der Waals surface area contributed by atoms with Crippen molar-refractivity contribution >= 4 is 29.3 Å². The minimum atomic E-state index is -0.759. The van der Waals surface area contributed by atoms with Crippen LogP contribution in [0.4, 0.5) is 16.2 Å². The number of aromatic nitrogens is 1. The van der Waals surface area contributed by atoms with Crippen LogP contribution in [-0.4, -0.2) is 49.3 Å². The molecule has 3 aromatic rings. The number of esters is 1. The van der Waals surface area contributed by atoms with Crippen LogP contribution in [0.1, 0.15) is 60.4 Å². The fourth-order valence-corrected chi connectivity index (χ4v) is 5.18. The fourth-order valence-electron chi connectivity index (χ4n) is 5.18. The summed E-state index contributed by atoms with van der Waals surface area (Å²) < 4.78 is 16.5. The van der Waals surface area contributed by atoms with Gasteiger partial charge in [0.15, 0.2) is 0 Å². The summed E-state index contributed by atoms with van der Waals surface area (Å²) in [6.07, 6.45) is 1.74. The Labute approximate surface area is 241 Å². The molecule has 4 rings (SSSR count). The molecule has 0 saturated heterocycles. The van der Waals surface area contributed by atoms with Crippen molar-refractivity contribution < 1.29 is 28.6 Å². The third-order valence-electron chi connectivity index (χ3n) is 7.07. The van der Waals surface area contributed by atoms with Gasteiger partial charge in [-0.05, 0) is 75.9 Å². The maximum Gasteiger partial charge on any atom is 0.415 e. The van der Waals surface area contributed by atoms with E-state index in [1.807, 2.05) is 38.1 Å². The zero-order valence-electron chi connectivity index (χ0n) is 25.0. The van der Waals surface area contributed by atoms with E-state index in [4.69, 9.17) is 14.2 Å². The number of methoxy groups -OCH3 is 2. The first-order valence-corrected chi connectivity index (χ1v) is 13.5. The third kappa shape index (κ3) is 6.04. The van der Waals surface area contributed by atoms with Gasteiger partial charge in [-0.2, -0.15) is 0 Å². The first kappa shape index (κ1) is 29.6. The summed E-state index contributed by atoms with van der Waals surface area (Å²) in [5.41, 5.74) is 5.45. The van der Waals surface area contributed by atoms with Gasteiger partial charge in [0, 0.05) is 36.5 Å². The summed E-state index contributed by atoms with van der Waals surface area (Å²) in [6, 6.07) is 10.9. The molecule has 2 heterocycles. The number of ether oxygens (including phenoxy) is 3. The Morgan fingerprint density at radius 1 is 1.05 bits per heavy atom. The number of aryl methyl sites for hydroxylation is 1. The average molecular weight is 560 g/mol. The number of pyridine rings is 1. The van der Waals surface area contributed by atoms with Crippen molar-refractivity contribution in [3.05, 3.63) is 70.5 Å². The Balaban J connectivity index is 1.96. The fraction of sp³-hybridized carbons (Fsp3) is 0.375. The molecule has 0 aliphatic carbocycles. The highest BCUT2D eigenvalue weighted by Gasteiger charge is 2.31. The summed E-state index contributed by atoms with van der Waals surface area (Å²) >= 11 is 0. The normalized spacial score (nSPS) is 12.5. The molecule has 2 aromatic carbocycles. The first-order chi connectivity index (χ1) is 19.4. The molecule has 0 N–H and O–H groups in total. The number of hydrogen-bond donors (Lipinski definition) is 0. The zero-order chi connectivity index (χ0) is 30.1. The number of amides is 2. The molecular weight excluding hydrogens is 522 g/mol. The van der Waals surface area contributed by atoms with Crippen LogP contribution in [0, 0.1) is 13.8 Å².